The van der Waals surface area contributed by atoms with Gasteiger partial charge >= 0.3 is 12.1 Å². The maximum atomic E-state index is 14.4. The van der Waals surface area contributed by atoms with Gasteiger partial charge in [0, 0.05) is 33.6 Å². The highest BCUT2D eigenvalue weighted by Gasteiger charge is 2.38. The Hall–Kier alpha value is -4.43. The molecule has 0 aromatic heterocycles. The molecule has 3 rings (SSSR count). The van der Waals surface area contributed by atoms with E-state index in [2.05, 4.69) is 15.4 Å². The van der Waals surface area contributed by atoms with Gasteiger partial charge in [-0.25, -0.2) is 9.18 Å². The van der Waals surface area contributed by atoms with Gasteiger partial charge in [-0.2, -0.15) is 0 Å². The van der Waals surface area contributed by atoms with Gasteiger partial charge in [-0.05, 0) is 51.8 Å². The number of nitrogens with one attached hydrogen (secondary N) is 2. The molecule has 248 valence electrons. The molecule has 0 aliphatic carbocycles. The van der Waals surface area contributed by atoms with Crippen LogP contribution in [0.3, 0.4) is 0 Å². The molecule has 1 aromatic carbocycles. The molecule has 2 heterocycles. The number of halogens is 1. The van der Waals surface area contributed by atoms with Gasteiger partial charge in [0.05, 0.1) is 37.7 Å². The van der Waals surface area contributed by atoms with Crippen molar-refractivity contribution in [2.24, 2.45) is 0 Å². The number of likely N-dealkylation sites (N-methyl/N-ethyl adjacent to an activating group) is 2. The Morgan fingerprint density at radius 3 is 2.49 bits per heavy atom. The second kappa shape index (κ2) is 15.0. The first-order valence-corrected chi connectivity index (χ1v) is 14.7. The molecule has 2 N–H and O–H groups in total. The zero-order valence-corrected chi connectivity index (χ0v) is 26.5. The standard InChI is InChI=1S/C30H42FN5O9/c1-30(2,3)45-29(42)33-19-14-20-17-44-23-9-7-18(31)13-21(23)28(41)35(5)22(27(40)32-12-11-26(39)43-6)8-10-24(37)34(4)16-25(38)36(20)15-19/h7,9,13,19-20,22H,8,10-12,14-17H2,1-6H3,(H,32,40)(H,33,42)/t19-,20-,22-/m0/s1. The number of hydrogen-bond acceptors (Lipinski definition) is 9. The summed E-state index contributed by atoms with van der Waals surface area (Å²) in [5, 5.41) is 5.35. The van der Waals surface area contributed by atoms with Gasteiger partial charge in [0.15, 0.2) is 0 Å². The maximum absolute atomic E-state index is 14.4. The van der Waals surface area contributed by atoms with Crippen molar-refractivity contribution in [3.63, 3.8) is 0 Å². The number of benzene rings is 1. The van der Waals surface area contributed by atoms with E-state index in [0.29, 0.717) is 6.42 Å². The van der Waals surface area contributed by atoms with Crippen LogP contribution in [0.4, 0.5) is 9.18 Å². The van der Waals surface area contributed by atoms with Crippen LogP contribution in [0, 0.1) is 5.82 Å². The van der Waals surface area contributed by atoms with Gasteiger partial charge in [0.25, 0.3) is 5.91 Å². The molecule has 14 nitrogen and oxygen atoms in total. The van der Waals surface area contributed by atoms with Crippen molar-refractivity contribution in [1.82, 2.24) is 25.3 Å². The van der Waals surface area contributed by atoms with Gasteiger partial charge in [-0.1, -0.05) is 0 Å². The Bertz CT molecular complexity index is 1300. The SMILES string of the molecule is COC(=O)CCNC(=O)[C@@H]1CCC(=O)N(C)CC(=O)N2C[C@@H](NC(=O)OC(C)(C)C)C[C@H]2COc2ccc(F)cc2C(=O)N1C. The minimum Gasteiger partial charge on any atom is -0.491 e. The molecular formula is C30H42FN5O9. The number of alkyl carbamates (subject to hydrolysis) is 1. The Labute approximate surface area is 261 Å². The van der Waals surface area contributed by atoms with Crippen LogP contribution in [0.1, 0.15) is 56.8 Å². The highest BCUT2D eigenvalue weighted by molar-refractivity contribution is 5.99. The lowest BCUT2D eigenvalue weighted by atomic mass is 10.1. The smallest absolute Gasteiger partial charge is 0.407 e. The van der Waals surface area contributed by atoms with E-state index >= 15 is 0 Å². The third-order valence-electron chi connectivity index (χ3n) is 7.44. The summed E-state index contributed by atoms with van der Waals surface area (Å²) in [5.41, 5.74) is -0.890. The van der Waals surface area contributed by atoms with Crippen LogP contribution < -0.4 is 15.4 Å². The molecule has 2 aliphatic rings. The number of nitrogens with zero attached hydrogens (tertiary/aromatic N) is 3. The summed E-state index contributed by atoms with van der Waals surface area (Å²) in [7, 11) is 4.02. The summed E-state index contributed by atoms with van der Waals surface area (Å²) in [6, 6.07) is 1.18. The van der Waals surface area contributed by atoms with E-state index in [9.17, 15) is 33.2 Å². The van der Waals surface area contributed by atoms with E-state index < -0.39 is 65.2 Å². The number of carbonyl (C=O) groups is 6. The van der Waals surface area contributed by atoms with E-state index in [1.165, 1.54) is 37.1 Å². The molecule has 0 radical (unpaired) electrons. The van der Waals surface area contributed by atoms with Gasteiger partial charge < -0.3 is 39.5 Å². The fourth-order valence-corrected chi connectivity index (χ4v) is 5.11. The van der Waals surface area contributed by atoms with Gasteiger partial charge in [-0.15, -0.1) is 0 Å². The quantitative estimate of drug-likeness (QED) is 0.451. The van der Waals surface area contributed by atoms with Gasteiger partial charge in [0.2, 0.25) is 17.7 Å². The average Bonchev–Trinajstić information content (AvgIpc) is 3.36. The fraction of sp³-hybridized carbons (Fsp3) is 0.600. The summed E-state index contributed by atoms with van der Waals surface area (Å²) in [4.78, 5) is 81.1. The van der Waals surface area contributed by atoms with Crippen LogP contribution >= 0.6 is 0 Å². The van der Waals surface area contributed by atoms with E-state index in [0.717, 1.165) is 17.0 Å². The number of carbonyl (C=O) groups excluding carboxylic acids is 6. The highest BCUT2D eigenvalue weighted by atomic mass is 19.1. The second-order valence-corrected chi connectivity index (χ2v) is 12.1. The molecule has 1 saturated heterocycles. The second-order valence-electron chi connectivity index (χ2n) is 12.1. The minimum absolute atomic E-state index is 0.0251. The van der Waals surface area contributed by atoms with Crippen LogP contribution in [0.15, 0.2) is 18.2 Å². The number of fused-ring (bicyclic) bond motifs is 2. The van der Waals surface area contributed by atoms with Crippen molar-refractivity contribution >= 4 is 35.7 Å². The van der Waals surface area contributed by atoms with Crippen LogP contribution in [0.5, 0.6) is 5.75 Å². The van der Waals surface area contributed by atoms with Gasteiger partial charge in [0.1, 0.15) is 29.8 Å². The fourth-order valence-electron chi connectivity index (χ4n) is 5.11. The zero-order chi connectivity index (χ0) is 33.5. The Morgan fingerprint density at radius 2 is 1.82 bits per heavy atom. The van der Waals surface area contributed by atoms with Crippen molar-refractivity contribution in [3.05, 3.63) is 29.6 Å². The van der Waals surface area contributed by atoms with Crippen molar-refractivity contribution in [1.29, 1.82) is 0 Å². The molecule has 3 atom stereocenters. The topological polar surface area (TPSA) is 164 Å². The number of methoxy groups -OCH3 is 1. The minimum atomic E-state index is -1.17. The molecule has 1 aromatic rings. The largest absolute Gasteiger partial charge is 0.491 e. The van der Waals surface area contributed by atoms with Crippen molar-refractivity contribution < 1.29 is 47.4 Å². The van der Waals surface area contributed by atoms with Crippen LogP contribution in [-0.2, 0) is 28.7 Å². The highest BCUT2D eigenvalue weighted by Crippen LogP contribution is 2.26. The van der Waals surface area contributed by atoms with Crippen LogP contribution in [0.2, 0.25) is 0 Å². The molecule has 2 aliphatic heterocycles. The summed E-state index contributed by atoms with van der Waals surface area (Å²) in [6.07, 6.45) is -0.780. The molecule has 0 saturated carbocycles. The monoisotopic (exact) mass is 635 g/mol. The molecule has 15 heteroatoms. The summed E-state index contributed by atoms with van der Waals surface area (Å²) in [6.45, 7) is 4.86. The van der Waals surface area contributed by atoms with E-state index in [1.807, 2.05) is 0 Å². The average molecular weight is 636 g/mol. The molecule has 1 fully saturated rings. The number of esters is 1. The molecular weight excluding hydrogens is 593 g/mol. The lowest BCUT2D eigenvalue weighted by Crippen LogP contribution is -2.49. The molecule has 45 heavy (non-hydrogen) atoms. The van der Waals surface area contributed by atoms with E-state index in [1.54, 1.807) is 20.8 Å². The first-order valence-electron chi connectivity index (χ1n) is 14.7. The third-order valence-corrected chi connectivity index (χ3v) is 7.44. The number of hydrogen-bond donors (Lipinski definition) is 2. The van der Waals surface area contributed by atoms with Gasteiger partial charge in [-0.3, -0.25) is 24.0 Å². The van der Waals surface area contributed by atoms with Crippen molar-refractivity contribution in [2.75, 3.05) is 47.4 Å². The Morgan fingerprint density at radius 1 is 1.11 bits per heavy atom. The van der Waals surface area contributed by atoms with Crippen LogP contribution in [-0.4, -0.2) is 122 Å². The summed E-state index contributed by atoms with van der Waals surface area (Å²) < 4.78 is 30.3. The van der Waals surface area contributed by atoms with Crippen molar-refractivity contribution in [2.45, 2.75) is 70.2 Å². The predicted molar refractivity (Wildman–Crippen MR) is 158 cm³/mol. The molecule has 5 amide bonds. The van der Waals surface area contributed by atoms with E-state index in [-0.39, 0.29) is 56.8 Å². The molecule has 0 bridgehead atoms. The maximum Gasteiger partial charge on any atom is 0.407 e. The zero-order valence-electron chi connectivity index (χ0n) is 26.5. The first kappa shape index (κ1) is 35.1. The lowest BCUT2D eigenvalue weighted by molar-refractivity contribution is -0.141. The Balaban J connectivity index is 1.90. The number of amides is 5. The van der Waals surface area contributed by atoms with E-state index in [4.69, 9.17) is 9.47 Å². The number of ether oxygens (including phenoxy) is 3. The third kappa shape index (κ3) is 9.78. The molecule has 0 unspecified atom stereocenters. The van der Waals surface area contributed by atoms with Crippen LogP contribution in [0.25, 0.3) is 0 Å². The van der Waals surface area contributed by atoms with Crippen molar-refractivity contribution in [3.8, 4) is 5.75 Å². The summed E-state index contributed by atoms with van der Waals surface area (Å²) in [5.74, 6) is -3.45. The predicted octanol–water partition coefficient (Wildman–Crippen LogP) is 1.07. The number of rotatable bonds is 5. The lowest BCUT2D eigenvalue weighted by Gasteiger charge is -2.28. The Kier molecular flexibility index (Phi) is 11.7. The molecule has 0 spiro atoms. The first-order chi connectivity index (χ1) is 21.1. The summed E-state index contributed by atoms with van der Waals surface area (Å²) >= 11 is 0. The normalized spacial score (nSPS) is 21.5.